The summed E-state index contributed by atoms with van der Waals surface area (Å²) >= 11 is 0. The van der Waals surface area contributed by atoms with Crippen molar-refractivity contribution in [3.05, 3.63) is 59.7 Å². The molecule has 300 valence electrons. The molecule has 2 aromatic rings. The number of allylic oxidation sites excluding steroid dienone is 1. The molecule has 1 saturated heterocycles. The van der Waals surface area contributed by atoms with Crippen molar-refractivity contribution in [2.75, 3.05) is 64.9 Å². The molecule has 13 nitrogen and oxygen atoms in total. The highest BCUT2D eigenvalue weighted by atomic mass is 32.2. The SMILES string of the molecule is C=C1[C@H]2C[C@H](NC(=O)[C@@H]3[C@H]([C@H](C)O)[C@H](CO)ON3Cc3cccc(-c4cc(C(O)N[C@H](CN(C)C)CS(C)(=O)=O)cc(N(C)C)c4)c3OCC)[C@@H](C)[C@@H]1C2. The average Bonchev–Trinajstić information content (AvgIpc) is 3.46. The van der Waals surface area contributed by atoms with Gasteiger partial charge in [0, 0.05) is 61.7 Å². The topological polar surface area (TPSA) is 164 Å². The quantitative estimate of drug-likeness (QED) is 0.118. The maximum atomic E-state index is 14.2. The molecular formula is C40H61N5O8S. The van der Waals surface area contributed by atoms with Crippen molar-refractivity contribution in [2.24, 2.45) is 23.7 Å². The van der Waals surface area contributed by atoms with Gasteiger partial charge in [0.15, 0.2) is 0 Å². The lowest BCUT2D eigenvalue weighted by Gasteiger charge is -2.52. The van der Waals surface area contributed by atoms with Gasteiger partial charge in [0.1, 0.15) is 34.0 Å². The second kappa shape index (κ2) is 17.4. The van der Waals surface area contributed by atoms with E-state index in [1.54, 1.807) is 12.0 Å². The van der Waals surface area contributed by atoms with Crippen molar-refractivity contribution in [3.63, 3.8) is 0 Å². The number of likely N-dealkylation sites (N-methyl/N-ethyl adjacent to an activating group) is 1. The fourth-order valence-corrected chi connectivity index (χ4v) is 9.52. The van der Waals surface area contributed by atoms with E-state index in [0.29, 0.717) is 36.3 Å². The molecule has 0 spiro atoms. The molecule has 1 heterocycles. The average molecular weight is 772 g/mol. The molecule has 10 atom stereocenters. The molecule has 3 saturated carbocycles. The monoisotopic (exact) mass is 771 g/mol. The molecular weight excluding hydrogens is 711 g/mol. The Balaban J connectivity index is 1.48. The van der Waals surface area contributed by atoms with Gasteiger partial charge in [-0.3, -0.25) is 14.9 Å². The number of benzene rings is 2. The number of carbonyl (C=O) groups excluding carboxylic acids is 1. The van der Waals surface area contributed by atoms with Crippen molar-refractivity contribution in [1.29, 1.82) is 0 Å². The van der Waals surface area contributed by atoms with Crippen LogP contribution >= 0.6 is 0 Å². The van der Waals surface area contributed by atoms with Gasteiger partial charge in [-0.1, -0.05) is 37.3 Å². The van der Waals surface area contributed by atoms with Crippen molar-refractivity contribution in [2.45, 2.75) is 76.7 Å². The maximum absolute atomic E-state index is 14.2. The summed E-state index contributed by atoms with van der Waals surface area (Å²) in [5.74, 6) is 0.562. The number of sulfone groups is 1. The number of nitrogens with zero attached hydrogens (tertiary/aromatic N) is 3. The van der Waals surface area contributed by atoms with Crippen LogP contribution < -0.4 is 20.3 Å². The van der Waals surface area contributed by atoms with E-state index in [1.807, 2.05) is 81.3 Å². The maximum Gasteiger partial charge on any atom is 0.240 e. The standard InChI is InChI=1S/C40H61N5O8S/c1-10-52-38-26(19-45-37(36(25(4)47)35(21-46)53-45)40(49)42-34-18-27-17-33(23(27)2)24(34)3)12-11-13-32(38)28-14-29(16-31(15-28)44(7)8)39(48)41-30(20-43(5)6)22-54(9,50)51/h11-16,24-25,27,30,33-37,39,41,46-48H,2,10,17-22H2,1,3-9H3,(H,42,49)/t24-,25-,27+,30+,33+,34-,35-,36+,37-,39?/m0/s1. The Kier molecular flexibility index (Phi) is 13.5. The van der Waals surface area contributed by atoms with Crippen molar-refractivity contribution < 1.29 is 38.1 Å². The van der Waals surface area contributed by atoms with Crippen LogP contribution in [0.3, 0.4) is 0 Å². The molecule has 2 bridgehead atoms. The number of anilines is 1. The van der Waals surface area contributed by atoms with Gasteiger partial charge < -0.3 is 35.2 Å². The van der Waals surface area contributed by atoms with Crippen LogP contribution in [-0.2, 0) is 26.0 Å². The highest BCUT2D eigenvalue weighted by molar-refractivity contribution is 7.90. The molecule has 6 rings (SSSR count). The zero-order valence-corrected chi connectivity index (χ0v) is 33.8. The zero-order chi connectivity index (χ0) is 39.6. The van der Waals surface area contributed by atoms with Gasteiger partial charge in [0.25, 0.3) is 0 Å². The predicted octanol–water partition coefficient (Wildman–Crippen LogP) is 2.56. The second-order valence-corrected chi connectivity index (χ2v) is 18.2. The van der Waals surface area contributed by atoms with Crippen molar-refractivity contribution in [1.82, 2.24) is 20.6 Å². The molecule has 1 amide bonds. The molecule has 4 aliphatic rings. The fourth-order valence-electron chi connectivity index (χ4n) is 8.59. The van der Waals surface area contributed by atoms with E-state index in [0.717, 1.165) is 35.2 Å². The Morgan fingerprint density at radius 3 is 2.44 bits per heavy atom. The lowest BCUT2D eigenvalue weighted by Crippen LogP contribution is -2.57. The summed E-state index contributed by atoms with van der Waals surface area (Å²) in [7, 11) is 4.18. The van der Waals surface area contributed by atoms with E-state index >= 15 is 0 Å². The van der Waals surface area contributed by atoms with E-state index in [9.17, 15) is 28.5 Å². The molecule has 1 aliphatic heterocycles. The molecule has 2 aromatic carbocycles. The first-order chi connectivity index (χ1) is 25.4. The van der Waals surface area contributed by atoms with Gasteiger partial charge >= 0.3 is 0 Å². The molecule has 0 aromatic heterocycles. The predicted molar refractivity (Wildman–Crippen MR) is 210 cm³/mol. The highest BCUT2D eigenvalue weighted by Gasteiger charge is 2.52. The molecule has 0 radical (unpaired) electrons. The Morgan fingerprint density at radius 2 is 1.87 bits per heavy atom. The Bertz CT molecular complexity index is 1750. The van der Waals surface area contributed by atoms with Crippen LogP contribution in [0.2, 0.25) is 0 Å². The Labute approximate surface area is 321 Å². The van der Waals surface area contributed by atoms with Crippen molar-refractivity contribution in [3.8, 4) is 16.9 Å². The summed E-state index contributed by atoms with van der Waals surface area (Å²) in [5, 5.41) is 40.7. The molecule has 3 aliphatic carbocycles. The van der Waals surface area contributed by atoms with E-state index in [1.165, 1.54) is 11.8 Å². The number of carbonyl (C=O) groups is 1. The fraction of sp³-hybridized carbons (Fsp3) is 0.625. The number of hydrogen-bond acceptors (Lipinski definition) is 12. The first kappa shape index (κ1) is 42.1. The third-order valence-corrected chi connectivity index (χ3v) is 12.3. The number of nitrogens with one attached hydrogen (secondary N) is 2. The molecule has 54 heavy (non-hydrogen) atoms. The van der Waals surface area contributed by atoms with Gasteiger partial charge in [-0.15, -0.1) is 0 Å². The first-order valence-corrected chi connectivity index (χ1v) is 21.0. The van der Waals surface area contributed by atoms with Gasteiger partial charge in [0.2, 0.25) is 5.91 Å². The first-order valence-electron chi connectivity index (χ1n) is 19.0. The van der Waals surface area contributed by atoms with Crippen LogP contribution in [0, 0.1) is 23.7 Å². The highest BCUT2D eigenvalue weighted by Crippen LogP contribution is 2.52. The van der Waals surface area contributed by atoms with Crippen LogP contribution in [0.1, 0.15) is 51.0 Å². The summed E-state index contributed by atoms with van der Waals surface area (Å²) in [5.41, 5.74) is 4.87. The summed E-state index contributed by atoms with van der Waals surface area (Å²) in [6, 6.07) is 10.0. The van der Waals surface area contributed by atoms with Gasteiger partial charge in [-0.2, -0.15) is 5.06 Å². The summed E-state index contributed by atoms with van der Waals surface area (Å²) in [4.78, 5) is 24.3. The molecule has 14 heteroatoms. The third kappa shape index (κ3) is 9.47. The second-order valence-electron chi connectivity index (χ2n) is 16.0. The van der Waals surface area contributed by atoms with Crippen LogP contribution in [-0.4, -0.2) is 130 Å². The Morgan fingerprint density at radius 1 is 1.15 bits per heavy atom. The largest absolute Gasteiger partial charge is 0.493 e. The Hall–Kier alpha value is -3.08. The number of hydroxylamine groups is 2. The number of hydrogen-bond donors (Lipinski definition) is 5. The summed E-state index contributed by atoms with van der Waals surface area (Å²) in [6.45, 7) is 10.4. The number of ether oxygens (including phenoxy) is 1. The van der Waals surface area contributed by atoms with E-state index < -0.39 is 46.3 Å². The number of amides is 1. The lowest BCUT2D eigenvalue weighted by atomic mass is 9.56. The van der Waals surface area contributed by atoms with E-state index in [-0.39, 0.29) is 36.8 Å². The van der Waals surface area contributed by atoms with Crippen LogP contribution in [0.15, 0.2) is 48.6 Å². The number of para-hydroxylation sites is 1. The smallest absolute Gasteiger partial charge is 0.240 e. The van der Waals surface area contributed by atoms with Crippen LogP contribution in [0.25, 0.3) is 11.1 Å². The van der Waals surface area contributed by atoms with Gasteiger partial charge in [-0.05, 0) is 87.9 Å². The number of aliphatic hydroxyl groups is 3. The minimum atomic E-state index is -3.33. The minimum Gasteiger partial charge on any atom is -0.493 e. The lowest BCUT2D eigenvalue weighted by molar-refractivity contribution is -0.182. The molecule has 5 N–H and O–H groups in total. The van der Waals surface area contributed by atoms with Gasteiger partial charge in [-0.25, -0.2) is 8.42 Å². The third-order valence-electron chi connectivity index (χ3n) is 11.3. The molecule has 4 fully saturated rings. The number of rotatable bonds is 17. The van der Waals surface area contributed by atoms with E-state index in [2.05, 4.69) is 24.1 Å². The summed E-state index contributed by atoms with van der Waals surface area (Å²) < 4.78 is 30.8. The van der Waals surface area contributed by atoms with Gasteiger partial charge in [0.05, 0.1) is 31.6 Å². The number of aliphatic hydroxyl groups excluding tert-OH is 3. The minimum absolute atomic E-state index is 0.0220. The van der Waals surface area contributed by atoms with Crippen LogP contribution in [0.4, 0.5) is 5.69 Å². The van der Waals surface area contributed by atoms with Crippen LogP contribution in [0.5, 0.6) is 5.75 Å². The normalized spacial score (nSPS) is 27.3. The number of fused-ring (bicyclic) bond motifs is 2. The van der Waals surface area contributed by atoms with Crippen molar-refractivity contribution >= 4 is 21.4 Å². The zero-order valence-electron chi connectivity index (χ0n) is 33.0. The summed E-state index contributed by atoms with van der Waals surface area (Å²) in [6.07, 6.45) is 0.239. The molecule has 1 unspecified atom stereocenters. The van der Waals surface area contributed by atoms with E-state index in [4.69, 9.17) is 9.57 Å².